The van der Waals surface area contributed by atoms with Crippen LogP contribution in [0.5, 0.6) is 5.75 Å². The second kappa shape index (κ2) is 7.46. The molecule has 0 aromatic heterocycles. The fraction of sp³-hybridized carbons (Fsp3) is 0.412. The van der Waals surface area contributed by atoms with Crippen molar-refractivity contribution >= 4 is 21.8 Å². The first-order valence-electron chi connectivity index (χ1n) is 8.25. The Kier molecular flexibility index (Phi) is 5.28. The molecule has 26 heavy (non-hydrogen) atoms. The molecule has 1 saturated heterocycles. The molecule has 1 amide bonds. The highest BCUT2D eigenvalue weighted by Gasteiger charge is 2.30. The van der Waals surface area contributed by atoms with E-state index in [0.717, 1.165) is 17.1 Å². The number of benzene rings is 1. The number of likely N-dealkylation sites (N-methyl/N-ethyl adjacent to an activating group) is 1. The molecule has 1 aromatic carbocycles. The van der Waals surface area contributed by atoms with Crippen LogP contribution in [0.1, 0.15) is 18.4 Å². The monoisotopic (exact) mass is 379 g/mol. The number of amides is 1. The van der Waals surface area contributed by atoms with Gasteiger partial charge in [-0.25, -0.2) is 4.31 Å². The molecule has 1 unspecified atom stereocenters. The Morgan fingerprint density at radius 3 is 2.73 bits per heavy atom. The number of nitrogens with zero attached hydrogens (tertiary/aromatic N) is 2. The molecule has 1 aromatic rings. The summed E-state index contributed by atoms with van der Waals surface area (Å²) in [6.45, 7) is 1.03. The van der Waals surface area contributed by atoms with Gasteiger partial charge in [-0.1, -0.05) is 0 Å². The van der Waals surface area contributed by atoms with Crippen molar-refractivity contribution in [1.29, 1.82) is 0 Å². The number of allylic oxidation sites excluding steroid dienone is 1. The van der Waals surface area contributed by atoms with Crippen molar-refractivity contribution in [2.75, 3.05) is 27.3 Å². The lowest BCUT2D eigenvalue weighted by molar-refractivity contribution is -0.118. The smallest absolute Gasteiger partial charge is 0.345 e. The largest absolute Gasteiger partial charge is 0.497 e. The maximum Gasteiger partial charge on any atom is 0.345 e. The molecule has 8 nitrogen and oxygen atoms in total. The van der Waals surface area contributed by atoms with Gasteiger partial charge < -0.3 is 14.8 Å². The summed E-state index contributed by atoms with van der Waals surface area (Å²) in [5.41, 5.74) is 0.795. The minimum atomic E-state index is -3.98. The van der Waals surface area contributed by atoms with E-state index in [2.05, 4.69) is 9.71 Å². The number of carbonyl (C=O) groups is 1. The van der Waals surface area contributed by atoms with Crippen molar-refractivity contribution in [3.63, 3.8) is 0 Å². The Balaban J connectivity index is 1.83. The summed E-state index contributed by atoms with van der Waals surface area (Å²) in [4.78, 5) is 12.5. The van der Waals surface area contributed by atoms with Crippen LogP contribution in [0.4, 0.5) is 0 Å². The van der Waals surface area contributed by atoms with E-state index in [9.17, 15) is 13.2 Å². The molecule has 2 heterocycles. The fourth-order valence-electron chi connectivity index (χ4n) is 2.77. The first-order valence-corrected chi connectivity index (χ1v) is 9.65. The minimum absolute atomic E-state index is 0.0174. The lowest BCUT2D eigenvalue weighted by Gasteiger charge is -2.24. The molecule has 140 valence electrons. The van der Waals surface area contributed by atoms with Crippen LogP contribution in [0, 0.1) is 0 Å². The third-order valence-electron chi connectivity index (χ3n) is 4.31. The van der Waals surface area contributed by atoms with E-state index in [0.29, 0.717) is 24.5 Å². The second-order valence-electron chi connectivity index (χ2n) is 6.02. The van der Waals surface area contributed by atoms with E-state index in [1.165, 1.54) is 13.1 Å². The van der Waals surface area contributed by atoms with Crippen molar-refractivity contribution in [1.82, 2.24) is 9.62 Å². The average molecular weight is 379 g/mol. The number of ether oxygens (including phenoxy) is 2. The van der Waals surface area contributed by atoms with E-state index in [1.807, 2.05) is 0 Å². The number of hydrogen-bond acceptors (Lipinski definition) is 5. The Hall–Kier alpha value is -2.39. The average Bonchev–Trinajstić information content (AvgIpc) is 3.15. The normalized spacial score (nSPS) is 21.8. The van der Waals surface area contributed by atoms with E-state index in [-0.39, 0.29) is 17.5 Å². The predicted octanol–water partition coefficient (Wildman–Crippen LogP) is 0.854. The third-order valence-corrected chi connectivity index (χ3v) is 5.62. The van der Waals surface area contributed by atoms with E-state index >= 15 is 0 Å². The summed E-state index contributed by atoms with van der Waals surface area (Å²) in [6, 6.07) is 6.79. The van der Waals surface area contributed by atoms with E-state index in [1.54, 1.807) is 31.4 Å². The predicted molar refractivity (Wildman–Crippen MR) is 96.3 cm³/mol. The summed E-state index contributed by atoms with van der Waals surface area (Å²) in [6.07, 6.45) is 3.28. The Morgan fingerprint density at radius 1 is 1.38 bits per heavy atom. The van der Waals surface area contributed by atoms with Gasteiger partial charge in [0.2, 0.25) is 0 Å². The van der Waals surface area contributed by atoms with Gasteiger partial charge in [-0.05, 0) is 43.2 Å². The van der Waals surface area contributed by atoms with Crippen LogP contribution in [0.15, 0.2) is 40.4 Å². The maximum absolute atomic E-state index is 12.5. The van der Waals surface area contributed by atoms with Crippen LogP contribution in [0.3, 0.4) is 0 Å². The molecular formula is C17H21N3O5S. The van der Waals surface area contributed by atoms with Crippen molar-refractivity contribution in [2.45, 2.75) is 18.9 Å². The SMILES string of the molecule is COc1ccc(C2=NS(=O)(=O)N(C)C(C(=O)NCC3CCCO3)=C2)cc1. The Labute approximate surface area is 152 Å². The molecule has 2 aliphatic heterocycles. The molecular weight excluding hydrogens is 358 g/mol. The maximum atomic E-state index is 12.5. The van der Waals surface area contributed by atoms with Gasteiger partial charge in [-0.2, -0.15) is 8.42 Å². The molecule has 3 rings (SSSR count). The van der Waals surface area contributed by atoms with Gasteiger partial charge >= 0.3 is 10.2 Å². The lowest BCUT2D eigenvalue weighted by atomic mass is 10.1. The topological polar surface area (TPSA) is 97.3 Å². The summed E-state index contributed by atoms with van der Waals surface area (Å²) >= 11 is 0. The highest BCUT2D eigenvalue weighted by molar-refractivity contribution is 7.88. The zero-order valence-corrected chi connectivity index (χ0v) is 15.5. The molecule has 1 N–H and O–H groups in total. The molecule has 9 heteroatoms. The number of nitrogens with one attached hydrogen (secondary N) is 1. The van der Waals surface area contributed by atoms with E-state index < -0.39 is 16.1 Å². The molecule has 1 fully saturated rings. The minimum Gasteiger partial charge on any atom is -0.497 e. The molecule has 0 bridgehead atoms. The van der Waals surface area contributed by atoms with Crippen LogP contribution >= 0.6 is 0 Å². The number of rotatable bonds is 5. The van der Waals surface area contributed by atoms with Crippen LogP contribution in [-0.4, -0.2) is 57.8 Å². The number of carbonyl (C=O) groups excluding carboxylic acids is 1. The van der Waals surface area contributed by atoms with Gasteiger partial charge in [0.1, 0.15) is 11.4 Å². The number of methoxy groups -OCH3 is 1. The fourth-order valence-corrected chi connectivity index (χ4v) is 3.68. The van der Waals surface area contributed by atoms with E-state index in [4.69, 9.17) is 9.47 Å². The van der Waals surface area contributed by atoms with Crippen LogP contribution < -0.4 is 10.1 Å². The molecule has 1 atom stereocenters. The van der Waals surface area contributed by atoms with Gasteiger partial charge in [0.15, 0.2) is 0 Å². The zero-order chi connectivity index (χ0) is 18.7. The van der Waals surface area contributed by atoms with Crippen molar-refractivity contribution in [2.24, 2.45) is 4.40 Å². The first-order chi connectivity index (χ1) is 12.4. The quantitative estimate of drug-likeness (QED) is 0.818. The van der Waals surface area contributed by atoms with Gasteiger partial charge in [0.05, 0.1) is 18.9 Å². The molecule has 0 radical (unpaired) electrons. The summed E-state index contributed by atoms with van der Waals surface area (Å²) in [5, 5.41) is 2.74. The standard InChI is InChI=1S/C17H21N3O5S/c1-20-16(17(21)18-11-14-4-3-9-25-14)10-15(19-26(20,22)23)12-5-7-13(24-2)8-6-12/h5-8,10,14H,3-4,9,11H2,1-2H3,(H,18,21). The Morgan fingerprint density at radius 2 is 2.12 bits per heavy atom. The molecule has 0 saturated carbocycles. The van der Waals surface area contributed by atoms with Crippen LogP contribution in [-0.2, 0) is 19.7 Å². The molecule has 0 aliphatic carbocycles. The van der Waals surface area contributed by atoms with Crippen molar-refractivity contribution < 1.29 is 22.7 Å². The molecule has 2 aliphatic rings. The van der Waals surface area contributed by atoms with Crippen LogP contribution in [0.25, 0.3) is 0 Å². The lowest BCUT2D eigenvalue weighted by Crippen LogP contribution is -2.40. The van der Waals surface area contributed by atoms with Gasteiger partial charge in [0.25, 0.3) is 5.91 Å². The van der Waals surface area contributed by atoms with Gasteiger partial charge in [0, 0.05) is 25.8 Å². The highest BCUT2D eigenvalue weighted by atomic mass is 32.2. The summed E-state index contributed by atoms with van der Waals surface area (Å²) in [7, 11) is -1.13. The van der Waals surface area contributed by atoms with Gasteiger partial charge in [-0.15, -0.1) is 4.40 Å². The second-order valence-corrected chi connectivity index (χ2v) is 7.65. The Bertz CT molecular complexity index is 840. The summed E-state index contributed by atoms with van der Waals surface area (Å²) in [5.74, 6) is 0.163. The van der Waals surface area contributed by atoms with Crippen LogP contribution in [0.2, 0.25) is 0 Å². The van der Waals surface area contributed by atoms with Gasteiger partial charge in [-0.3, -0.25) is 4.79 Å². The number of hydrogen-bond donors (Lipinski definition) is 1. The highest BCUT2D eigenvalue weighted by Crippen LogP contribution is 2.21. The van der Waals surface area contributed by atoms with Crippen molar-refractivity contribution in [3.8, 4) is 5.75 Å². The molecule has 0 spiro atoms. The third kappa shape index (κ3) is 3.88. The first kappa shape index (κ1) is 18.4. The summed E-state index contributed by atoms with van der Waals surface area (Å²) < 4.78 is 39.9. The zero-order valence-electron chi connectivity index (χ0n) is 14.6. The van der Waals surface area contributed by atoms with Crippen molar-refractivity contribution in [3.05, 3.63) is 41.6 Å².